The lowest BCUT2D eigenvalue weighted by molar-refractivity contribution is -0.384. The number of nitrogens with two attached hydrogens (primary N) is 1. The molecule has 0 fully saturated rings. The van der Waals surface area contributed by atoms with Gasteiger partial charge in [-0.25, -0.2) is 10.8 Å². The fraction of sp³-hybridized carbons (Fsp3) is 0.167. The van der Waals surface area contributed by atoms with Crippen LogP contribution in [0.2, 0.25) is 0 Å². The molecule has 4 N–H and O–H groups in total. The van der Waals surface area contributed by atoms with Crippen molar-refractivity contribution in [3.05, 3.63) is 46.1 Å². The van der Waals surface area contributed by atoms with Crippen LogP contribution in [0.4, 0.5) is 17.5 Å². The highest BCUT2D eigenvalue weighted by atomic mass is 16.6. The number of aromatic nitrogens is 2. The van der Waals surface area contributed by atoms with E-state index in [1.165, 1.54) is 0 Å². The molecule has 0 atom stereocenters. The number of hydrazine groups is 1. The molecule has 9 nitrogen and oxygen atoms in total. The monoisotopic (exact) mass is 290 g/mol. The molecule has 0 spiro atoms. The normalized spacial score (nSPS) is 10.0. The molecule has 0 aliphatic heterocycles. The van der Waals surface area contributed by atoms with Crippen LogP contribution in [0.3, 0.4) is 0 Å². The van der Waals surface area contributed by atoms with Gasteiger partial charge in [0.1, 0.15) is 11.9 Å². The SMILES string of the molecule is COc1ccccc1CNc1nc(NN)ncc1[N+](=O)[O-]. The van der Waals surface area contributed by atoms with Crippen LogP contribution in [0.1, 0.15) is 5.56 Å². The molecule has 0 radical (unpaired) electrons. The van der Waals surface area contributed by atoms with Crippen molar-refractivity contribution in [2.75, 3.05) is 17.9 Å². The minimum atomic E-state index is -0.565. The highest BCUT2D eigenvalue weighted by molar-refractivity contribution is 5.57. The third kappa shape index (κ3) is 3.34. The number of para-hydroxylation sites is 1. The molecule has 9 heteroatoms. The predicted octanol–water partition coefficient (Wildman–Crippen LogP) is 1.29. The number of hydrogen-bond acceptors (Lipinski definition) is 8. The van der Waals surface area contributed by atoms with E-state index in [0.717, 1.165) is 11.8 Å². The lowest BCUT2D eigenvalue weighted by Crippen LogP contribution is -2.13. The molecule has 1 heterocycles. The van der Waals surface area contributed by atoms with Crippen LogP contribution in [-0.4, -0.2) is 22.0 Å². The average molecular weight is 290 g/mol. The van der Waals surface area contributed by atoms with Crippen LogP contribution in [-0.2, 0) is 6.54 Å². The summed E-state index contributed by atoms with van der Waals surface area (Å²) in [6.45, 7) is 0.311. The molecule has 0 unspecified atom stereocenters. The van der Waals surface area contributed by atoms with Crippen molar-refractivity contribution in [3.8, 4) is 5.75 Å². The Morgan fingerprint density at radius 1 is 1.43 bits per heavy atom. The van der Waals surface area contributed by atoms with Gasteiger partial charge in [-0.2, -0.15) is 4.98 Å². The number of rotatable bonds is 6. The van der Waals surface area contributed by atoms with Gasteiger partial charge in [0.2, 0.25) is 11.8 Å². The van der Waals surface area contributed by atoms with Crippen molar-refractivity contribution < 1.29 is 9.66 Å². The molecular weight excluding hydrogens is 276 g/mol. The largest absolute Gasteiger partial charge is 0.496 e. The topological polar surface area (TPSA) is 128 Å². The Kier molecular flexibility index (Phi) is 4.46. The Bertz CT molecular complexity index is 649. The van der Waals surface area contributed by atoms with Gasteiger partial charge in [0.25, 0.3) is 0 Å². The first-order valence-corrected chi connectivity index (χ1v) is 5.99. The lowest BCUT2D eigenvalue weighted by Gasteiger charge is -2.10. The third-order valence-corrected chi connectivity index (χ3v) is 2.73. The molecule has 1 aromatic carbocycles. The number of benzene rings is 1. The first-order chi connectivity index (χ1) is 10.2. The zero-order valence-corrected chi connectivity index (χ0v) is 11.2. The van der Waals surface area contributed by atoms with E-state index < -0.39 is 4.92 Å². The second-order valence-corrected chi connectivity index (χ2v) is 3.99. The Morgan fingerprint density at radius 2 is 2.19 bits per heavy atom. The molecule has 2 aromatic rings. The zero-order valence-electron chi connectivity index (χ0n) is 11.2. The Hall–Kier alpha value is -2.94. The number of ether oxygens (including phenoxy) is 1. The van der Waals surface area contributed by atoms with Crippen LogP contribution in [0, 0.1) is 10.1 Å². The molecule has 21 heavy (non-hydrogen) atoms. The molecule has 0 amide bonds. The molecule has 1 aromatic heterocycles. The van der Waals surface area contributed by atoms with E-state index in [1.807, 2.05) is 18.2 Å². The first kappa shape index (κ1) is 14.5. The maximum Gasteiger partial charge on any atom is 0.329 e. The summed E-state index contributed by atoms with van der Waals surface area (Å²) in [6.07, 6.45) is 1.09. The summed E-state index contributed by atoms with van der Waals surface area (Å²) in [5.74, 6) is 6.05. The van der Waals surface area contributed by atoms with Gasteiger partial charge in [-0.1, -0.05) is 18.2 Å². The minimum Gasteiger partial charge on any atom is -0.496 e. The van der Waals surface area contributed by atoms with Gasteiger partial charge < -0.3 is 10.1 Å². The Morgan fingerprint density at radius 3 is 2.86 bits per heavy atom. The van der Waals surface area contributed by atoms with Crippen LogP contribution < -0.4 is 21.3 Å². The molecule has 0 bridgehead atoms. The van der Waals surface area contributed by atoms with E-state index in [4.69, 9.17) is 10.6 Å². The summed E-state index contributed by atoms with van der Waals surface area (Å²) in [5, 5.41) is 13.9. The van der Waals surface area contributed by atoms with Crippen molar-refractivity contribution in [3.63, 3.8) is 0 Å². The van der Waals surface area contributed by atoms with Crippen LogP contribution in [0.15, 0.2) is 30.5 Å². The fourth-order valence-corrected chi connectivity index (χ4v) is 1.74. The van der Waals surface area contributed by atoms with Gasteiger partial charge >= 0.3 is 5.69 Å². The first-order valence-electron chi connectivity index (χ1n) is 5.99. The van der Waals surface area contributed by atoms with Crippen molar-refractivity contribution in [1.82, 2.24) is 9.97 Å². The van der Waals surface area contributed by atoms with E-state index >= 15 is 0 Å². The van der Waals surface area contributed by atoms with Gasteiger partial charge in [0.05, 0.1) is 12.0 Å². The molecule has 2 rings (SSSR count). The summed E-state index contributed by atoms with van der Waals surface area (Å²) in [7, 11) is 1.56. The molecule has 0 aliphatic carbocycles. The van der Waals surface area contributed by atoms with Crippen LogP contribution >= 0.6 is 0 Å². The lowest BCUT2D eigenvalue weighted by atomic mass is 10.2. The second kappa shape index (κ2) is 6.48. The second-order valence-electron chi connectivity index (χ2n) is 3.99. The Balaban J connectivity index is 2.24. The van der Waals surface area contributed by atoms with E-state index in [1.54, 1.807) is 13.2 Å². The van der Waals surface area contributed by atoms with E-state index in [9.17, 15) is 10.1 Å². The van der Waals surface area contributed by atoms with Gasteiger partial charge in [-0.05, 0) is 6.07 Å². The molecule has 0 saturated heterocycles. The summed E-state index contributed by atoms with van der Waals surface area (Å²) in [4.78, 5) is 18.1. The zero-order chi connectivity index (χ0) is 15.2. The maximum atomic E-state index is 11.0. The molecule has 110 valence electrons. The third-order valence-electron chi connectivity index (χ3n) is 2.73. The van der Waals surface area contributed by atoms with E-state index in [-0.39, 0.29) is 17.5 Å². The number of hydrogen-bond donors (Lipinski definition) is 3. The molecule has 0 aliphatic rings. The highest BCUT2D eigenvalue weighted by Crippen LogP contribution is 2.24. The van der Waals surface area contributed by atoms with Gasteiger partial charge in [0, 0.05) is 12.1 Å². The number of nitro groups is 1. The average Bonchev–Trinajstić information content (AvgIpc) is 2.52. The maximum absolute atomic E-state index is 11.0. The van der Waals surface area contributed by atoms with Crippen molar-refractivity contribution in [2.45, 2.75) is 6.54 Å². The van der Waals surface area contributed by atoms with Crippen LogP contribution in [0.5, 0.6) is 5.75 Å². The van der Waals surface area contributed by atoms with Crippen molar-refractivity contribution in [1.29, 1.82) is 0 Å². The fourth-order valence-electron chi connectivity index (χ4n) is 1.74. The standard InChI is InChI=1S/C12H14N6O3/c1-21-10-5-3-2-4-8(10)6-14-11-9(18(19)20)7-15-12(16-11)17-13/h2-5,7H,6,13H2,1H3,(H2,14,15,16,17). The van der Waals surface area contributed by atoms with Crippen LogP contribution in [0.25, 0.3) is 0 Å². The summed E-state index contributed by atoms with van der Waals surface area (Å²) >= 11 is 0. The van der Waals surface area contributed by atoms with Gasteiger partial charge in [-0.3, -0.25) is 15.5 Å². The minimum absolute atomic E-state index is 0.0776. The Labute approximate surface area is 120 Å². The van der Waals surface area contributed by atoms with Gasteiger partial charge in [-0.15, -0.1) is 0 Å². The molecule has 0 saturated carbocycles. The van der Waals surface area contributed by atoms with E-state index in [2.05, 4.69) is 20.7 Å². The molecular formula is C12H14N6O3. The predicted molar refractivity (Wildman–Crippen MR) is 76.8 cm³/mol. The number of nitrogen functional groups attached to an aromatic ring is 1. The van der Waals surface area contributed by atoms with E-state index in [0.29, 0.717) is 12.3 Å². The number of nitrogens with zero attached hydrogens (tertiary/aromatic N) is 3. The summed E-state index contributed by atoms with van der Waals surface area (Å²) in [6, 6.07) is 7.34. The quantitative estimate of drug-likeness (QED) is 0.412. The van der Waals surface area contributed by atoms with Crippen molar-refractivity contribution >= 4 is 17.5 Å². The summed E-state index contributed by atoms with van der Waals surface area (Å²) in [5.41, 5.74) is 2.85. The smallest absolute Gasteiger partial charge is 0.329 e. The highest BCUT2D eigenvalue weighted by Gasteiger charge is 2.17. The number of anilines is 2. The summed E-state index contributed by atoms with van der Waals surface area (Å²) < 4.78 is 5.22. The number of nitrogens with one attached hydrogen (secondary N) is 2. The van der Waals surface area contributed by atoms with Gasteiger partial charge in [0.15, 0.2) is 0 Å². The number of methoxy groups -OCH3 is 1. The van der Waals surface area contributed by atoms with Crippen molar-refractivity contribution in [2.24, 2.45) is 5.84 Å².